The van der Waals surface area contributed by atoms with Crippen molar-refractivity contribution in [3.05, 3.63) is 181 Å². The Kier molecular flexibility index (Phi) is 2.50. The highest BCUT2D eigenvalue weighted by atomic mass is 16.3. The molecule has 0 aliphatic carbocycles. The van der Waals surface area contributed by atoms with E-state index in [1.807, 2.05) is 0 Å². The van der Waals surface area contributed by atoms with Crippen molar-refractivity contribution in [2.24, 2.45) is 0 Å². The van der Waals surface area contributed by atoms with Crippen LogP contribution in [0.4, 0.5) is 0 Å². The Labute approximate surface area is 336 Å². The molecule has 0 bridgehead atoms. The van der Waals surface area contributed by atoms with Crippen LogP contribution in [0, 0.1) is 0 Å². The molecule has 0 spiro atoms. The van der Waals surface area contributed by atoms with Crippen molar-refractivity contribution >= 4 is 75.8 Å². The molecule has 10 aromatic carbocycles. The Hall–Kier alpha value is -6.70. The topological polar surface area (TPSA) is 13.1 Å². The lowest BCUT2D eigenvalue weighted by molar-refractivity contribution is 0.669. The van der Waals surface area contributed by atoms with E-state index in [0.29, 0.717) is 0 Å². The minimum Gasteiger partial charge on any atom is -0.456 e. The van der Waals surface area contributed by atoms with Gasteiger partial charge in [-0.2, -0.15) is 0 Å². The molecular weight excluding hydrogens is 617 g/mol. The highest BCUT2D eigenvalue weighted by Gasteiger charge is 2.19. The molecule has 0 unspecified atom stereocenters. The number of hydrogen-bond donors (Lipinski definition) is 0. The molecule has 11 rings (SSSR count). The van der Waals surface area contributed by atoms with E-state index in [-0.39, 0.29) is 0 Å². The number of furan rings is 1. The summed E-state index contributed by atoms with van der Waals surface area (Å²) in [6, 6.07) is -28.3. The van der Waals surface area contributed by atoms with Crippen LogP contribution in [0.2, 0.25) is 0 Å². The summed E-state index contributed by atoms with van der Waals surface area (Å²) in [6.45, 7) is 0. The van der Waals surface area contributed by atoms with Crippen LogP contribution in [-0.2, 0) is 0 Å². The first-order chi connectivity index (χ1) is 37.8. The van der Waals surface area contributed by atoms with Crippen LogP contribution >= 0.6 is 0 Å². The van der Waals surface area contributed by atoms with Gasteiger partial charge < -0.3 is 4.42 Å². The third-order valence-electron chi connectivity index (χ3n) is 8.51. The Morgan fingerprint density at radius 2 is 0.824 bits per heavy atom. The van der Waals surface area contributed by atoms with Gasteiger partial charge in [-0.15, -0.1) is 0 Å². The molecular formula is C50H30O. The first-order valence-electron chi connectivity index (χ1n) is 30.2. The van der Waals surface area contributed by atoms with E-state index >= 15 is 0 Å². The average Bonchev–Trinajstić information content (AvgIpc) is 2.21. The van der Waals surface area contributed by atoms with Crippen LogP contribution in [0.5, 0.6) is 0 Å². The Morgan fingerprint density at radius 1 is 0.314 bits per heavy atom. The van der Waals surface area contributed by atoms with Gasteiger partial charge in [-0.1, -0.05) is 151 Å². The molecule has 0 aliphatic heterocycles. The summed E-state index contributed by atoms with van der Waals surface area (Å²) in [6.07, 6.45) is 0. The average molecular weight is 677 g/mol. The van der Waals surface area contributed by atoms with E-state index in [9.17, 15) is 17.8 Å². The molecule has 1 heteroatoms. The van der Waals surface area contributed by atoms with Crippen molar-refractivity contribution in [2.45, 2.75) is 0 Å². The molecule has 0 amide bonds. The molecule has 0 saturated carbocycles. The summed E-state index contributed by atoms with van der Waals surface area (Å²) < 4.78 is 279. The zero-order valence-corrected chi connectivity index (χ0v) is 25.4. The lowest BCUT2D eigenvalue weighted by Gasteiger charge is -2.19. The molecule has 0 radical (unpaired) electrons. The van der Waals surface area contributed by atoms with Crippen LogP contribution in [0.1, 0.15) is 41.1 Å². The van der Waals surface area contributed by atoms with Crippen LogP contribution in [0.3, 0.4) is 0 Å². The maximum absolute atomic E-state index is 10.1. The van der Waals surface area contributed by atoms with Gasteiger partial charge in [-0.3, -0.25) is 0 Å². The van der Waals surface area contributed by atoms with Crippen molar-refractivity contribution < 1.29 is 45.5 Å². The van der Waals surface area contributed by atoms with Crippen molar-refractivity contribution in [3.63, 3.8) is 0 Å². The standard InChI is InChI=1S/C50H30O/c1-2-12-34-28-37(23-20-31(34)10-1)48-39-15-5-7-17-41(39)49(42-18-8-6-16-40(42)48)43-19-9-13-33-21-22-35(29-44(33)43)36-25-26-46-45(30-36)50-38-14-4-3-11-32(38)24-27-47(50)51-46/h1-30H/i1D,2D,3D,4D,5D,6D,7D,8D,9D,10D,11D,12D,13D,14D,15D,16D,17D,18D,19D,20D,21D,22D,23D,24D,25D,26D,27D,28D,29D,30D. The maximum Gasteiger partial charge on any atom is 0.136 e. The van der Waals surface area contributed by atoms with Gasteiger partial charge in [0.2, 0.25) is 0 Å². The summed E-state index contributed by atoms with van der Waals surface area (Å²) in [5.74, 6) is 0. The predicted octanol–water partition coefficient (Wildman–Crippen LogP) is 14.4. The fourth-order valence-electron chi connectivity index (χ4n) is 6.33. The van der Waals surface area contributed by atoms with Gasteiger partial charge in [0, 0.05) is 10.8 Å². The predicted molar refractivity (Wildman–Crippen MR) is 218 cm³/mol. The monoisotopic (exact) mass is 676 g/mol. The third kappa shape index (κ3) is 4.28. The highest BCUT2D eigenvalue weighted by Crippen LogP contribution is 2.46. The highest BCUT2D eigenvalue weighted by molar-refractivity contribution is 6.24. The van der Waals surface area contributed by atoms with E-state index in [2.05, 4.69) is 0 Å². The Balaban J connectivity index is 1.42. The summed E-state index contributed by atoms with van der Waals surface area (Å²) in [4.78, 5) is 0. The molecule has 1 aromatic heterocycles. The first-order valence-corrected chi connectivity index (χ1v) is 15.2. The van der Waals surface area contributed by atoms with E-state index < -0.39 is 290 Å². The second-order valence-corrected chi connectivity index (χ2v) is 11.3. The molecule has 0 atom stereocenters. The molecule has 0 saturated heterocycles. The van der Waals surface area contributed by atoms with E-state index in [1.54, 1.807) is 0 Å². The van der Waals surface area contributed by atoms with E-state index in [1.165, 1.54) is 0 Å². The molecule has 236 valence electrons. The molecule has 0 fully saturated rings. The zero-order valence-electron chi connectivity index (χ0n) is 55.4. The number of hydrogen-bond acceptors (Lipinski definition) is 1. The first kappa shape index (κ1) is 11.7. The largest absolute Gasteiger partial charge is 0.456 e. The van der Waals surface area contributed by atoms with Crippen LogP contribution in [0.15, 0.2) is 186 Å². The molecule has 0 aliphatic rings. The SMILES string of the molecule is [2H]c1c(-c2c([2H])c([2H])c3c([2H])c([2H])c([2H])c(-c4c5c([2H])c([2H])c([2H])c([2H])c5c(-c5c([2H])c([2H])c6c([2H])c([2H])c([2H])c([2H])c6c5[2H])c5c([2H])c([2H])c([2H])c([2H])c45)c3c2[2H])c([2H])c2c(oc3c([2H])c([2H])c4c([2H])c([2H])c([2H])c([2H])c4c32)c1[2H]. The van der Waals surface area contributed by atoms with Gasteiger partial charge in [0.15, 0.2) is 0 Å². The van der Waals surface area contributed by atoms with Gasteiger partial charge in [-0.25, -0.2) is 0 Å². The fourth-order valence-corrected chi connectivity index (χ4v) is 6.33. The van der Waals surface area contributed by atoms with Gasteiger partial charge in [-0.05, 0) is 117 Å². The Bertz CT molecular complexity index is 4850. The zero-order chi connectivity index (χ0) is 59.6. The second-order valence-electron chi connectivity index (χ2n) is 11.3. The van der Waals surface area contributed by atoms with E-state index in [0.717, 1.165) is 0 Å². The maximum atomic E-state index is 10.1. The second kappa shape index (κ2) is 10.9. The van der Waals surface area contributed by atoms with Crippen LogP contribution in [0.25, 0.3) is 109 Å². The molecule has 1 heterocycles. The third-order valence-corrected chi connectivity index (χ3v) is 8.51. The fraction of sp³-hybridized carbons (Fsp3) is 0. The number of benzene rings is 10. The quantitative estimate of drug-likeness (QED) is 0.170. The lowest BCUT2D eigenvalue weighted by Crippen LogP contribution is -1.92. The summed E-state index contributed by atoms with van der Waals surface area (Å²) in [7, 11) is 0. The molecule has 11 aromatic rings. The molecule has 1 nitrogen and oxygen atoms in total. The molecule has 51 heavy (non-hydrogen) atoms. The van der Waals surface area contributed by atoms with Crippen molar-refractivity contribution in [1.29, 1.82) is 0 Å². The van der Waals surface area contributed by atoms with Gasteiger partial charge >= 0.3 is 0 Å². The normalized spacial score (nSPS) is 20.2. The summed E-state index contributed by atoms with van der Waals surface area (Å²) in [5, 5.41) is -7.90. The van der Waals surface area contributed by atoms with E-state index in [4.69, 9.17) is 27.7 Å². The number of rotatable bonds is 3. The molecule has 0 N–H and O–H groups in total. The van der Waals surface area contributed by atoms with Gasteiger partial charge in [0.05, 0.1) is 41.1 Å². The minimum absolute atomic E-state index is 0.406. The number of fused-ring (bicyclic) bond motifs is 9. The van der Waals surface area contributed by atoms with Crippen molar-refractivity contribution in [2.75, 3.05) is 0 Å². The van der Waals surface area contributed by atoms with Crippen molar-refractivity contribution in [3.8, 4) is 33.4 Å². The van der Waals surface area contributed by atoms with Crippen molar-refractivity contribution in [1.82, 2.24) is 0 Å². The lowest BCUT2D eigenvalue weighted by atomic mass is 9.84. The summed E-state index contributed by atoms with van der Waals surface area (Å²) >= 11 is 0. The van der Waals surface area contributed by atoms with Crippen LogP contribution in [-0.4, -0.2) is 0 Å². The van der Waals surface area contributed by atoms with Gasteiger partial charge in [0.1, 0.15) is 11.2 Å². The van der Waals surface area contributed by atoms with Crippen LogP contribution < -0.4 is 0 Å². The van der Waals surface area contributed by atoms with Gasteiger partial charge in [0.25, 0.3) is 0 Å². The smallest absolute Gasteiger partial charge is 0.136 e. The summed E-state index contributed by atoms with van der Waals surface area (Å²) in [5.41, 5.74) is -6.11. The Morgan fingerprint density at radius 3 is 1.59 bits per heavy atom. The minimum atomic E-state index is -1.10.